The predicted octanol–water partition coefficient (Wildman–Crippen LogP) is -0.0518. The molecule has 2 rings (SSSR count). The third kappa shape index (κ3) is 3.55. The molecule has 0 spiro atoms. The molecule has 0 fully saturated rings. The van der Waals surface area contributed by atoms with E-state index in [2.05, 4.69) is 20.4 Å². The molecule has 2 heterocycles. The Morgan fingerprint density at radius 2 is 2.28 bits per heavy atom. The highest BCUT2D eigenvalue weighted by Crippen LogP contribution is 2.01. The van der Waals surface area contributed by atoms with Crippen LogP contribution in [0.3, 0.4) is 0 Å². The summed E-state index contributed by atoms with van der Waals surface area (Å²) in [6, 6.07) is 3.45. The lowest BCUT2D eigenvalue weighted by Crippen LogP contribution is -2.27. The molecule has 3 N–H and O–H groups in total. The second kappa shape index (κ2) is 5.76. The number of nitrogen functional groups attached to an aromatic ring is 1. The summed E-state index contributed by atoms with van der Waals surface area (Å²) in [4.78, 5) is 19.5. The normalized spacial score (nSPS) is 10.2. The molecular weight excluding hydrogens is 234 g/mol. The molecule has 18 heavy (non-hydrogen) atoms. The standard InChI is InChI=1S/C11H13N5O2/c12-8-1-2-9(14-6-8)5-10(17)13-4-3-11-15-7-16-18-11/h1-2,6-7H,3-5,12H2,(H,13,17). The SMILES string of the molecule is Nc1ccc(CC(=O)NCCc2ncno2)nc1. The van der Waals surface area contributed by atoms with E-state index in [1.165, 1.54) is 12.5 Å². The molecule has 0 aromatic carbocycles. The zero-order valence-electron chi connectivity index (χ0n) is 9.67. The summed E-state index contributed by atoms with van der Waals surface area (Å²) >= 11 is 0. The van der Waals surface area contributed by atoms with E-state index in [1.807, 2.05) is 0 Å². The zero-order valence-corrected chi connectivity index (χ0v) is 9.67. The molecule has 2 aromatic rings. The Hall–Kier alpha value is -2.44. The van der Waals surface area contributed by atoms with Crippen molar-refractivity contribution in [2.75, 3.05) is 12.3 Å². The quantitative estimate of drug-likeness (QED) is 0.767. The maximum Gasteiger partial charge on any atom is 0.228 e. The fraction of sp³-hybridized carbons (Fsp3) is 0.273. The maximum atomic E-state index is 11.6. The van der Waals surface area contributed by atoms with Crippen LogP contribution in [0.1, 0.15) is 11.6 Å². The topological polar surface area (TPSA) is 107 Å². The average Bonchev–Trinajstić information content (AvgIpc) is 2.85. The van der Waals surface area contributed by atoms with E-state index in [4.69, 9.17) is 10.3 Å². The molecule has 0 aliphatic heterocycles. The third-order valence-corrected chi connectivity index (χ3v) is 2.26. The van der Waals surface area contributed by atoms with Gasteiger partial charge < -0.3 is 15.6 Å². The van der Waals surface area contributed by atoms with Gasteiger partial charge in [-0.1, -0.05) is 5.16 Å². The van der Waals surface area contributed by atoms with Crippen LogP contribution in [-0.4, -0.2) is 27.6 Å². The molecule has 0 aliphatic rings. The van der Waals surface area contributed by atoms with Crippen molar-refractivity contribution >= 4 is 11.6 Å². The second-order valence-corrected chi connectivity index (χ2v) is 3.69. The van der Waals surface area contributed by atoms with Gasteiger partial charge in [-0.25, -0.2) is 0 Å². The van der Waals surface area contributed by atoms with Gasteiger partial charge >= 0.3 is 0 Å². The van der Waals surface area contributed by atoms with Crippen LogP contribution >= 0.6 is 0 Å². The Kier molecular flexibility index (Phi) is 3.85. The minimum absolute atomic E-state index is 0.105. The van der Waals surface area contributed by atoms with Gasteiger partial charge in [0.25, 0.3) is 0 Å². The number of rotatable bonds is 5. The van der Waals surface area contributed by atoms with Gasteiger partial charge in [0.1, 0.15) is 0 Å². The zero-order chi connectivity index (χ0) is 12.8. The smallest absolute Gasteiger partial charge is 0.228 e. The third-order valence-electron chi connectivity index (χ3n) is 2.26. The van der Waals surface area contributed by atoms with Crippen LogP contribution in [0.2, 0.25) is 0 Å². The number of carbonyl (C=O) groups is 1. The molecule has 7 heteroatoms. The lowest BCUT2D eigenvalue weighted by molar-refractivity contribution is -0.120. The van der Waals surface area contributed by atoms with Crippen molar-refractivity contribution in [2.45, 2.75) is 12.8 Å². The molecule has 0 atom stereocenters. The van der Waals surface area contributed by atoms with Crippen molar-refractivity contribution in [1.82, 2.24) is 20.4 Å². The molecular formula is C11H13N5O2. The first-order valence-electron chi connectivity index (χ1n) is 5.46. The van der Waals surface area contributed by atoms with E-state index >= 15 is 0 Å². The molecule has 0 bridgehead atoms. The van der Waals surface area contributed by atoms with E-state index in [-0.39, 0.29) is 12.3 Å². The molecule has 0 saturated carbocycles. The Morgan fingerprint density at radius 1 is 1.39 bits per heavy atom. The van der Waals surface area contributed by atoms with Gasteiger partial charge in [-0.15, -0.1) is 0 Å². The van der Waals surface area contributed by atoms with Crippen molar-refractivity contribution in [2.24, 2.45) is 0 Å². The van der Waals surface area contributed by atoms with Crippen LogP contribution in [0.15, 0.2) is 29.2 Å². The Morgan fingerprint density at radius 3 is 2.94 bits per heavy atom. The molecule has 0 aliphatic carbocycles. The first-order valence-corrected chi connectivity index (χ1v) is 5.46. The lowest BCUT2D eigenvalue weighted by Gasteiger charge is -2.03. The summed E-state index contributed by atoms with van der Waals surface area (Å²) in [6.45, 7) is 0.454. The number of nitrogens with two attached hydrogens (primary N) is 1. The number of anilines is 1. The lowest BCUT2D eigenvalue weighted by atomic mass is 10.2. The van der Waals surface area contributed by atoms with Gasteiger partial charge in [-0.2, -0.15) is 4.98 Å². The number of amides is 1. The van der Waals surface area contributed by atoms with Gasteiger partial charge in [0, 0.05) is 18.7 Å². The Bertz CT molecular complexity index is 495. The average molecular weight is 247 g/mol. The van der Waals surface area contributed by atoms with Crippen molar-refractivity contribution < 1.29 is 9.32 Å². The van der Waals surface area contributed by atoms with Crippen LogP contribution in [-0.2, 0) is 17.6 Å². The summed E-state index contributed by atoms with van der Waals surface area (Å²) in [7, 11) is 0. The van der Waals surface area contributed by atoms with Crippen molar-refractivity contribution in [3.8, 4) is 0 Å². The molecule has 0 unspecified atom stereocenters. The van der Waals surface area contributed by atoms with Gasteiger partial charge in [-0.3, -0.25) is 9.78 Å². The van der Waals surface area contributed by atoms with Crippen LogP contribution in [0.4, 0.5) is 5.69 Å². The highest BCUT2D eigenvalue weighted by atomic mass is 16.5. The number of pyridine rings is 1. The summed E-state index contributed by atoms with van der Waals surface area (Å²) in [5.41, 5.74) is 6.76. The molecule has 0 saturated heterocycles. The molecule has 0 radical (unpaired) electrons. The summed E-state index contributed by atoms with van der Waals surface area (Å²) < 4.78 is 4.81. The first kappa shape index (κ1) is 12.0. The number of nitrogens with zero attached hydrogens (tertiary/aromatic N) is 3. The first-order chi connectivity index (χ1) is 8.74. The van der Waals surface area contributed by atoms with Crippen LogP contribution < -0.4 is 11.1 Å². The van der Waals surface area contributed by atoms with E-state index in [1.54, 1.807) is 12.1 Å². The largest absolute Gasteiger partial charge is 0.397 e. The van der Waals surface area contributed by atoms with Crippen LogP contribution in [0.25, 0.3) is 0 Å². The Labute approximate surface area is 103 Å². The second-order valence-electron chi connectivity index (χ2n) is 3.69. The highest BCUT2D eigenvalue weighted by molar-refractivity contribution is 5.78. The minimum atomic E-state index is -0.105. The van der Waals surface area contributed by atoms with Crippen molar-refractivity contribution in [3.05, 3.63) is 36.2 Å². The summed E-state index contributed by atoms with van der Waals surface area (Å²) in [6.07, 6.45) is 3.60. The van der Waals surface area contributed by atoms with E-state index < -0.39 is 0 Å². The minimum Gasteiger partial charge on any atom is -0.397 e. The Balaban J connectivity index is 1.73. The number of hydrogen-bond donors (Lipinski definition) is 2. The summed E-state index contributed by atoms with van der Waals surface area (Å²) in [5.74, 6) is 0.396. The van der Waals surface area contributed by atoms with Crippen LogP contribution in [0, 0.1) is 0 Å². The van der Waals surface area contributed by atoms with Crippen LogP contribution in [0.5, 0.6) is 0 Å². The van der Waals surface area contributed by atoms with E-state index in [0.29, 0.717) is 30.2 Å². The molecule has 1 amide bonds. The fourth-order valence-electron chi connectivity index (χ4n) is 1.38. The number of aromatic nitrogens is 3. The van der Waals surface area contributed by atoms with Crippen molar-refractivity contribution in [3.63, 3.8) is 0 Å². The molecule has 94 valence electrons. The highest BCUT2D eigenvalue weighted by Gasteiger charge is 2.05. The van der Waals surface area contributed by atoms with Crippen molar-refractivity contribution in [1.29, 1.82) is 0 Å². The van der Waals surface area contributed by atoms with Gasteiger partial charge in [0.15, 0.2) is 6.33 Å². The predicted molar refractivity (Wildman–Crippen MR) is 63.4 cm³/mol. The monoisotopic (exact) mass is 247 g/mol. The van der Waals surface area contributed by atoms with E-state index in [0.717, 1.165) is 0 Å². The fourth-order valence-corrected chi connectivity index (χ4v) is 1.38. The maximum absolute atomic E-state index is 11.6. The number of carbonyl (C=O) groups excluding carboxylic acids is 1. The number of nitrogens with one attached hydrogen (secondary N) is 1. The molecule has 2 aromatic heterocycles. The molecule has 7 nitrogen and oxygen atoms in total. The van der Waals surface area contributed by atoms with Gasteiger partial charge in [0.2, 0.25) is 11.8 Å². The van der Waals surface area contributed by atoms with Gasteiger partial charge in [-0.05, 0) is 12.1 Å². The van der Waals surface area contributed by atoms with E-state index in [9.17, 15) is 4.79 Å². The summed E-state index contributed by atoms with van der Waals surface area (Å²) in [5, 5.41) is 6.22. The van der Waals surface area contributed by atoms with Gasteiger partial charge in [0.05, 0.1) is 18.3 Å². The number of hydrogen-bond acceptors (Lipinski definition) is 6.